The van der Waals surface area contributed by atoms with Gasteiger partial charge in [0.1, 0.15) is 0 Å². The van der Waals surface area contributed by atoms with Gasteiger partial charge in [0, 0.05) is 0 Å². The molecule has 1 saturated heterocycles. The van der Waals surface area contributed by atoms with Gasteiger partial charge < -0.3 is 14.2 Å². The summed E-state index contributed by atoms with van der Waals surface area (Å²) in [4.78, 5) is 37.4. The number of carbonyl (C=O) groups is 3. The molecule has 0 bridgehead atoms. The van der Waals surface area contributed by atoms with E-state index in [-0.39, 0.29) is 28.1 Å². The number of halogens is 1. The largest absolute Gasteiger partial charge is 0.493 e. The number of rotatable bonds is 8. The fourth-order valence-electron chi connectivity index (χ4n) is 2.92. The first kappa shape index (κ1) is 25.5. The van der Waals surface area contributed by atoms with Crippen molar-refractivity contribution in [2.75, 3.05) is 20.3 Å². The first-order valence-electron chi connectivity index (χ1n) is 10.0. The molecule has 2 aromatic rings. The third-order valence-corrected chi connectivity index (χ3v) is 6.13. The summed E-state index contributed by atoms with van der Waals surface area (Å²) >= 11 is 12.5. The summed E-state index contributed by atoms with van der Waals surface area (Å²) in [5.74, 6) is -0.836. The summed E-state index contributed by atoms with van der Waals surface area (Å²) in [7, 11) is 1.47. The van der Waals surface area contributed by atoms with Gasteiger partial charge in [-0.15, -0.1) is 0 Å². The minimum Gasteiger partial charge on any atom is -0.493 e. The molecule has 0 radical (unpaired) electrons. The van der Waals surface area contributed by atoms with E-state index < -0.39 is 17.8 Å². The molecule has 2 amide bonds. The fourth-order valence-corrected chi connectivity index (χ4v) is 4.42. The van der Waals surface area contributed by atoms with Crippen LogP contribution in [0, 0.1) is 6.92 Å². The zero-order chi connectivity index (χ0) is 24.8. The van der Waals surface area contributed by atoms with Crippen molar-refractivity contribution >= 4 is 63.8 Å². The number of ether oxygens (including phenoxy) is 3. The Balaban J connectivity index is 1.77. The van der Waals surface area contributed by atoms with Crippen molar-refractivity contribution in [1.82, 2.24) is 10.4 Å². The van der Waals surface area contributed by atoms with Gasteiger partial charge in [0.15, 0.2) is 22.4 Å². The lowest BCUT2D eigenvalue weighted by molar-refractivity contribution is -0.145. The number of aryl methyl sites for hydroxylation is 1. The predicted molar refractivity (Wildman–Crippen MR) is 134 cm³/mol. The Morgan fingerprint density at radius 1 is 1.21 bits per heavy atom. The minimum absolute atomic E-state index is 0.167. The molecule has 2 aromatic carbocycles. The number of carbonyl (C=O) groups excluding carboxylic acids is 3. The number of amides is 2. The van der Waals surface area contributed by atoms with E-state index in [0.717, 1.165) is 22.3 Å². The molecule has 8 nitrogen and oxygen atoms in total. The Bertz CT molecular complexity index is 1180. The van der Waals surface area contributed by atoms with Crippen LogP contribution < -0.4 is 14.9 Å². The van der Waals surface area contributed by atoms with Crippen LogP contribution in [0.3, 0.4) is 0 Å². The summed E-state index contributed by atoms with van der Waals surface area (Å²) in [5, 5.41) is 1.28. The zero-order valence-corrected chi connectivity index (χ0v) is 20.9. The molecule has 34 heavy (non-hydrogen) atoms. The highest BCUT2D eigenvalue weighted by atomic mass is 35.5. The monoisotopic (exact) mass is 520 g/mol. The summed E-state index contributed by atoms with van der Waals surface area (Å²) < 4.78 is 15.8. The molecule has 0 atom stereocenters. The van der Waals surface area contributed by atoms with E-state index in [0.29, 0.717) is 22.0 Å². The van der Waals surface area contributed by atoms with Crippen LogP contribution in [0.5, 0.6) is 11.5 Å². The molecule has 1 N–H and O–H groups in total. The normalized spacial score (nSPS) is 14.4. The van der Waals surface area contributed by atoms with Crippen LogP contribution in [0.25, 0.3) is 6.08 Å². The third-order valence-electron chi connectivity index (χ3n) is 4.51. The van der Waals surface area contributed by atoms with Crippen LogP contribution in [0.15, 0.2) is 41.3 Å². The number of nitrogens with zero attached hydrogens (tertiary/aromatic N) is 1. The number of thiocarbonyl (C=S) groups is 1. The van der Waals surface area contributed by atoms with Crippen molar-refractivity contribution in [1.29, 1.82) is 0 Å². The Kier molecular flexibility index (Phi) is 8.54. The van der Waals surface area contributed by atoms with E-state index in [4.69, 9.17) is 38.0 Å². The number of thioether (sulfide) groups is 1. The zero-order valence-electron chi connectivity index (χ0n) is 18.5. The molecule has 0 saturated carbocycles. The Morgan fingerprint density at radius 2 is 1.97 bits per heavy atom. The number of hydrogen-bond donors (Lipinski definition) is 1. The van der Waals surface area contributed by atoms with Crippen molar-refractivity contribution in [2.45, 2.75) is 13.8 Å². The third kappa shape index (κ3) is 6.07. The van der Waals surface area contributed by atoms with Crippen LogP contribution in [-0.4, -0.2) is 47.4 Å². The average Bonchev–Trinajstić information content (AvgIpc) is 3.05. The van der Waals surface area contributed by atoms with Crippen molar-refractivity contribution < 1.29 is 28.6 Å². The maximum Gasteiger partial charge on any atom is 0.344 e. The molecule has 11 heteroatoms. The molecular weight excluding hydrogens is 500 g/mol. The van der Waals surface area contributed by atoms with Crippen LogP contribution >= 0.6 is 35.6 Å². The molecule has 0 aromatic heterocycles. The summed E-state index contributed by atoms with van der Waals surface area (Å²) in [6, 6.07) is 9.97. The lowest BCUT2D eigenvalue weighted by atomic mass is 10.1. The molecule has 1 fully saturated rings. The minimum atomic E-state index is -0.554. The van der Waals surface area contributed by atoms with Gasteiger partial charge in [-0.1, -0.05) is 35.5 Å². The maximum absolute atomic E-state index is 12.9. The molecule has 0 unspecified atom stereocenters. The molecule has 178 valence electrons. The second kappa shape index (κ2) is 11.4. The molecule has 1 aliphatic heterocycles. The first-order chi connectivity index (χ1) is 16.2. The molecule has 0 spiro atoms. The Hall–Kier alpha value is -3.08. The fraction of sp³-hybridized carbons (Fsp3) is 0.217. The van der Waals surface area contributed by atoms with E-state index in [9.17, 15) is 14.4 Å². The van der Waals surface area contributed by atoms with E-state index >= 15 is 0 Å². The second-order valence-electron chi connectivity index (χ2n) is 6.95. The highest BCUT2D eigenvalue weighted by Crippen LogP contribution is 2.34. The van der Waals surface area contributed by atoms with Crippen molar-refractivity contribution in [3.8, 4) is 11.5 Å². The molecule has 1 aliphatic rings. The van der Waals surface area contributed by atoms with Crippen molar-refractivity contribution in [2.24, 2.45) is 0 Å². The number of hydrazine groups is 1. The molecule has 1 heterocycles. The van der Waals surface area contributed by atoms with E-state index in [1.54, 1.807) is 49.4 Å². The van der Waals surface area contributed by atoms with Gasteiger partial charge in [-0.25, -0.2) is 4.79 Å². The smallest absolute Gasteiger partial charge is 0.344 e. The van der Waals surface area contributed by atoms with Crippen LogP contribution in [-0.2, 0) is 14.3 Å². The van der Waals surface area contributed by atoms with Crippen LogP contribution in [0.2, 0.25) is 5.02 Å². The number of benzene rings is 2. The second-order valence-corrected chi connectivity index (χ2v) is 9.03. The molecule has 3 rings (SSSR count). The van der Waals surface area contributed by atoms with Crippen molar-refractivity contribution in [3.63, 3.8) is 0 Å². The molecule has 0 aliphatic carbocycles. The lowest BCUT2D eigenvalue weighted by Crippen LogP contribution is -2.44. The van der Waals surface area contributed by atoms with Crippen LogP contribution in [0.4, 0.5) is 0 Å². The Morgan fingerprint density at radius 3 is 2.65 bits per heavy atom. The average molecular weight is 521 g/mol. The highest BCUT2D eigenvalue weighted by molar-refractivity contribution is 8.26. The summed E-state index contributed by atoms with van der Waals surface area (Å²) in [5.41, 5.74) is 4.24. The number of nitrogens with one attached hydrogen (secondary N) is 1. The van der Waals surface area contributed by atoms with Crippen LogP contribution in [0.1, 0.15) is 28.4 Å². The number of methoxy groups -OCH3 is 1. The predicted octanol–water partition coefficient (Wildman–Crippen LogP) is 4.15. The van der Waals surface area contributed by atoms with Gasteiger partial charge in [-0.2, -0.15) is 5.01 Å². The first-order valence-corrected chi connectivity index (χ1v) is 11.6. The quantitative estimate of drug-likeness (QED) is 0.315. The summed E-state index contributed by atoms with van der Waals surface area (Å²) in [6.07, 6.45) is 1.60. The van der Waals surface area contributed by atoms with Gasteiger partial charge in [0.05, 0.1) is 29.2 Å². The van der Waals surface area contributed by atoms with Gasteiger partial charge in [-0.05, 0) is 67.5 Å². The van der Waals surface area contributed by atoms with Crippen molar-refractivity contribution in [3.05, 3.63) is 63.0 Å². The maximum atomic E-state index is 12.9. The lowest BCUT2D eigenvalue weighted by Gasteiger charge is -2.16. The topological polar surface area (TPSA) is 94.2 Å². The number of hydrogen-bond acceptors (Lipinski definition) is 8. The van der Waals surface area contributed by atoms with E-state index in [1.165, 1.54) is 7.11 Å². The van der Waals surface area contributed by atoms with Gasteiger partial charge in [-0.3, -0.25) is 15.0 Å². The number of esters is 1. The highest BCUT2D eigenvalue weighted by Gasteiger charge is 2.34. The molecular formula is C23H21ClN2O6S2. The Labute approximate surface area is 211 Å². The van der Waals surface area contributed by atoms with Gasteiger partial charge >= 0.3 is 5.97 Å². The van der Waals surface area contributed by atoms with Gasteiger partial charge in [0.25, 0.3) is 11.8 Å². The van der Waals surface area contributed by atoms with E-state index in [2.05, 4.69) is 5.43 Å². The standard InChI is InChI=1S/C23H21ClN2O6S2/c1-4-31-20(27)12-32-18-10-14(6-8-17(18)30-3)11-19-22(29)26(23(33)34-19)25-21(28)15-7-5-13(2)9-16(15)24/h5-11H,4,12H2,1-3H3,(H,25,28)/b19-11-. The van der Waals surface area contributed by atoms with Gasteiger partial charge in [0.2, 0.25) is 0 Å². The SMILES string of the molecule is CCOC(=O)COc1cc(/C=C2\SC(=S)N(NC(=O)c3ccc(C)cc3Cl)C2=O)ccc1OC. The summed E-state index contributed by atoms with van der Waals surface area (Å²) in [6.45, 7) is 3.51. The van der Waals surface area contributed by atoms with E-state index in [1.807, 2.05) is 6.92 Å².